The van der Waals surface area contributed by atoms with Crippen molar-refractivity contribution in [2.45, 2.75) is 37.1 Å². The van der Waals surface area contributed by atoms with Crippen LogP contribution < -0.4 is 0 Å². The first-order valence-electron chi connectivity index (χ1n) is 10.1. The van der Waals surface area contributed by atoms with Crippen LogP contribution in [0.2, 0.25) is 0 Å². The van der Waals surface area contributed by atoms with E-state index in [1.54, 1.807) is 0 Å². The predicted octanol–water partition coefficient (Wildman–Crippen LogP) is 4.05. The van der Waals surface area contributed by atoms with Crippen LogP contribution in [0.5, 0.6) is 0 Å². The van der Waals surface area contributed by atoms with E-state index in [1.165, 1.54) is 12.1 Å². The number of hydrogen-bond acceptors (Lipinski definition) is 3. The average Bonchev–Trinajstić information content (AvgIpc) is 3.15. The summed E-state index contributed by atoms with van der Waals surface area (Å²) in [6.07, 6.45) is -3.28. The van der Waals surface area contributed by atoms with Gasteiger partial charge >= 0.3 is 6.18 Å². The summed E-state index contributed by atoms with van der Waals surface area (Å²) in [5.41, 5.74) is -0.00908. The number of alkyl halides is 3. The normalized spacial score (nSPS) is 28.4. The number of aliphatic hydroxyl groups excluding tert-OH is 1. The van der Waals surface area contributed by atoms with E-state index in [2.05, 4.69) is 4.90 Å². The number of likely N-dealkylation sites (tertiary alicyclic amines) is 1. The van der Waals surface area contributed by atoms with E-state index in [0.717, 1.165) is 43.6 Å². The van der Waals surface area contributed by atoms with Crippen molar-refractivity contribution in [2.24, 2.45) is 11.8 Å². The SMILES string of the molecule is OC(CN1C[C@@H]2C[C@@](O)(Cc3ccccc3)C[C@@H]2C1)c1cccc(C(F)(F)F)c1. The molecular formula is C23H26F3NO2. The van der Waals surface area contributed by atoms with Crippen LogP contribution in [0.3, 0.4) is 0 Å². The number of benzene rings is 2. The van der Waals surface area contributed by atoms with Gasteiger partial charge in [-0.15, -0.1) is 0 Å². The molecular weight excluding hydrogens is 379 g/mol. The van der Waals surface area contributed by atoms with Gasteiger partial charge in [0.05, 0.1) is 17.3 Å². The van der Waals surface area contributed by atoms with Crippen LogP contribution in [0, 0.1) is 11.8 Å². The van der Waals surface area contributed by atoms with Gasteiger partial charge in [0.1, 0.15) is 0 Å². The molecule has 0 aromatic heterocycles. The molecule has 1 unspecified atom stereocenters. The molecule has 1 heterocycles. The predicted molar refractivity (Wildman–Crippen MR) is 104 cm³/mol. The van der Waals surface area contributed by atoms with Crippen molar-refractivity contribution < 1.29 is 23.4 Å². The van der Waals surface area contributed by atoms with E-state index in [-0.39, 0.29) is 5.56 Å². The van der Waals surface area contributed by atoms with Crippen molar-refractivity contribution in [1.29, 1.82) is 0 Å². The second-order valence-electron chi connectivity index (χ2n) is 8.67. The second-order valence-corrected chi connectivity index (χ2v) is 8.67. The zero-order valence-corrected chi connectivity index (χ0v) is 16.1. The number of β-amino-alcohol motifs (C(OH)–C–C–N with tert-alkyl or cyclic N) is 1. The Morgan fingerprint density at radius 1 is 1.00 bits per heavy atom. The zero-order valence-electron chi connectivity index (χ0n) is 16.1. The molecule has 2 aromatic carbocycles. The van der Waals surface area contributed by atoms with Gasteiger partial charge in [-0.3, -0.25) is 4.90 Å². The summed E-state index contributed by atoms with van der Waals surface area (Å²) in [7, 11) is 0. The summed E-state index contributed by atoms with van der Waals surface area (Å²) in [6, 6.07) is 14.9. The zero-order chi connectivity index (χ0) is 20.6. The van der Waals surface area contributed by atoms with Crippen molar-refractivity contribution in [3.63, 3.8) is 0 Å². The van der Waals surface area contributed by atoms with E-state index < -0.39 is 23.4 Å². The molecule has 1 aliphatic carbocycles. The smallest absolute Gasteiger partial charge is 0.390 e. The third-order valence-electron chi connectivity index (χ3n) is 6.34. The van der Waals surface area contributed by atoms with Crippen LogP contribution in [0.4, 0.5) is 13.2 Å². The fourth-order valence-electron chi connectivity index (χ4n) is 5.10. The van der Waals surface area contributed by atoms with Crippen molar-refractivity contribution in [2.75, 3.05) is 19.6 Å². The highest BCUT2D eigenvalue weighted by atomic mass is 19.4. The molecule has 0 amide bonds. The molecule has 0 bridgehead atoms. The Morgan fingerprint density at radius 2 is 1.66 bits per heavy atom. The number of hydrogen-bond donors (Lipinski definition) is 2. The highest BCUT2D eigenvalue weighted by Gasteiger charge is 2.48. The van der Waals surface area contributed by atoms with Crippen LogP contribution in [-0.2, 0) is 12.6 Å². The highest BCUT2D eigenvalue weighted by Crippen LogP contribution is 2.45. The summed E-state index contributed by atoms with van der Waals surface area (Å²) in [4.78, 5) is 2.11. The van der Waals surface area contributed by atoms with E-state index in [9.17, 15) is 23.4 Å². The fraction of sp³-hybridized carbons (Fsp3) is 0.478. The third kappa shape index (κ3) is 4.65. The van der Waals surface area contributed by atoms with Gasteiger partial charge in [-0.05, 0) is 47.9 Å². The maximum Gasteiger partial charge on any atom is 0.416 e. The first-order chi connectivity index (χ1) is 13.7. The number of rotatable bonds is 5. The van der Waals surface area contributed by atoms with E-state index >= 15 is 0 Å². The largest absolute Gasteiger partial charge is 0.416 e. The Hall–Kier alpha value is -1.89. The molecule has 1 aliphatic heterocycles. The molecule has 4 rings (SSSR count). The molecule has 2 fully saturated rings. The van der Waals surface area contributed by atoms with Gasteiger partial charge in [0.15, 0.2) is 0 Å². The lowest BCUT2D eigenvalue weighted by atomic mass is 9.91. The maximum atomic E-state index is 12.9. The molecule has 0 radical (unpaired) electrons. The van der Waals surface area contributed by atoms with Gasteiger partial charge in [0.2, 0.25) is 0 Å². The quantitative estimate of drug-likeness (QED) is 0.789. The topological polar surface area (TPSA) is 43.7 Å². The molecule has 29 heavy (non-hydrogen) atoms. The number of fused-ring (bicyclic) bond motifs is 1. The highest BCUT2D eigenvalue weighted by molar-refractivity contribution is 5.27. The first kappa shape index (κ1) is 20.4. The van der Waals surface area contributed by atoms with Crippen molar-refractivity contribution in [3.05, 3.63) is 71.3 Å². The summed E-state index contributed by atoms with van der Waals surface area (Å²) >= 11 is 0. The Morgan fingerprint density at radius 3 is 2.28 bits per heavy atom. The van der Waals surface area contributed by atoms with Gasteiger partial charge in [-0.2, -0.15) is 13.2 Å². The molecule has 6 heteroatoms. The van der Waals surface area contributed by atoms with Crippen LogP contribution in [-0.4, -0.2) is 40.3 Å². The van der Waals surface area contributed by atoms with Crippen molar-refractivity contribution >= 4 is 0 Å². The molecule has 156 valence electrons. The number of halogens is 3. The van der Waals surface area contributed by atoms with Crippen LogP contribution in [0.1, 0.15) is 35.6 Å². The number of aliphatic hydroxyl groups is 2. The molecule has 1 saturated heterocycles. The molecule has 2 aliphatic rings. The van der Waals surface area contributed by atoms with Gasteiger partial charge in [0, 0.05) is 26.1 Å². The van der Waals surface area contributed by atoms with Gasteiger partial charge in [-0.25, -0.2) is 0 Å². The molecule has 2 N–H and O–H groups in total. The Balaban J connectivity index is 1.34. The van der Waals surface area contributed by atoms with Crippen molar-refractivity contribution in [3.8, 4) is 0 Å². The Kier molecular flexibility index (Phi) is 5.44. The monoisotopic (exact) mass is 405 g/mol. The van der Waals surface area contributed by atoms with Crippen molar-refractivity contribution in [1.82, 2.24) is 4.90 Å². The van der Waals surface area contributed by atoms with Crippen LogP contribution in [0.25, 0.3) is 0 Å². The van der Waals surface area contributed by atoms with E-state index in [0.29, 0.717) is 24.8 Å². The van der Waals surface area contributed by atoms with Crippen LogP contribution >= 0.6 is 0 Å². The summed E-state index contributed by atoms with van der Waals surface area (Å²) in [5, 5.41) is 21.5. The minimum absolute atomic E-state index is 0.289. The van der Waals surface area contributed by atoms with Gasteiger partial charge < -0.3 is 10.2 Å². The summed E-state index contributed by atoms with van der Waals surface area (Å²) in [6.45, 7) is 1.83. The van der Waals surface area contributed by atoms with E-state index in [4.69, 9.17) is 0 Å². The molecule has 1 saturated carbocycles. The lowest BCUT2D eigenvalue weighted by Crippen LogP contribution is -2.33. The van der Waals surface area contributed by atoms with Crippen LogP contribution in [0.15, 0.2) is 54.6 Å². The average molecular weight is 405 g/mol. The van der Waals surface area contributed by atoms with E-state index in [1.807, 2.05) is 30.3 Å². The molecule has 2 aromatic rings. The third-order valence-corrected chi connectivity index (χ3v) is 6.34. The molecule has 3 nitrogen and oxygen atoms in total. The first-order valence-corrected chi connectivity index (χ1v) is 10.1. The minimum atomic E-state index is -4.41. The van der Waals surface area contributed by atoms with Gasteiger partial charge in [-0.1, -0.05) is 42.5 Å². The standard InChI is InChI=1S/C23H26F3NO2/c24-23(25,26)20-8-4-7-17(9-20)21(28)15-27-13-18-11-22(29,12-19(18)14-27)10-16-5-2-1-3-6-16/h1-9,18-19,21,28-29H,10-15H2/t18-,19+,21?,22-. The summed E-state index contributed by atoms with van der Waals surface area (Å²) < 4.78 is 38.7. The maximum absolute atomic E-state index is 12.9. The van der Waals surface area contributed by atoms with Gasteiger partial charge in [0.25, 0.3) is 0 Å². The Bertz CT molecular complexity index is 826. The molecule has 4 atom stereocenters. The lowest BCUT2D eigenvalue weighted by Gasteiger charge is -2.27. The summed E-state index contributed by atoms with van der Waals surface area (Å²) in [5.74, 6) is 0.717. The Labute approximate surface area is 168 Å². The minimum Gasteiger partial charge on any atom is -0.390 e. The second kappa shape index (κ2) is 7.74. The molecule has 0 spiro atoms. The number of nitrogens with zero attached hydrogens (tertiary/aromatic N) is 1. The lowest BCUT2D eigenvalue weighted by molar-refractivity contribution is -0.137. The fourth-order valence-corrected chi connectivity index (χ4v) is 5.10.